The van der Waals surface area contributed by atoms with Gasteiger partial charge in [0.25, 0.3) is 0 Å². The van der Waals surface area contributed by atoms with Gasteiger partial charge < -0.3 is 10.6 Å². The Kier molecular flexibility index (Phi) is 6.61. The van der Waals surface area contributed by atoms with Crippen LogP contribution in [-0.2, 0) is 9.59 Å². The Morgan fingerprint density at radius 2 is 1.81 bits per heavy atom. The lowest BCUT2D eigenvalue weighted by Crippen LogP contribution is -2.48. The molecule has 0 radical (unpaired) electrons. The molecule has 0 spiro atoms. The van der Waals surface area contributed by atoms with E-state index in [1.54, 1.807) is 12.1 Å². The quantitative estimate of drug-likeness (QED) is 0.848. The second-order valence-corrected chi connectivity index (χ2v) is 7.45. The molecule has 0 bridgehead atoms. The first-order chi connectivity index (χ1) is 12.6. The van der Waals surface area contributed by atoms with Crippen LogP contribution in [0.15, 0.2) is 24.3 Å². The molecular weight excluding hydrogens is 333 g/mol. The number of anilines is 1. The maximum absolute atomic E-state index is 13.2. The number of halogens is 1. The first-order valence-corrected chi connectivity index (χ1v) is 9.68. The van der Waals surface area contributed by atoms with Gasteiger partial charge in [0.1, 0.15) is 5.82 Å². The third kappa shape index (κ3) is 5.53. The van der Waals surface area contributed by atoms with Gasteiger partial charge in [0, 0.05) is 30.7 Å². The molecule has 1 aromatic rings. The lowest BCUT2D eigenvalue weighted by atomic mass is 9.88. The minimum atomic E-state index is -0.364. The van der Waals surface area contributed by atoms with Gasteiger partial charge in [-0.25, -0.2) is 4.39 Å². The predicted octanol–water partition coefficient (Wildman–Crippen LogP) is 2.93. The van der Waals surface area contributed by atoms with Crippen LogP contribution in [-0.4, -0.2) is 42.4 Å². The van der Waals surface area contributed by atoms with Crippen molar-refractivity contribution < 1.29 is 14.0 Å². The van der Waals surface area contributed by atoms with Gasteiger partial charge in [-0.3, -0.25) is 14.5 Å². The number of nitrogens with one attached hydrogen (secondary N) is 2. The zero-order valence-electron chi connectivity index (χ0n) is 15.2. The van der Waals surface area contributed by atoms with E-state index in [0.29, 0.717) is 12.2 Å². The number of likely N-dealkylation sites (tertiary alicyclic amines) is 1. The molecule has 2 amide bonds. The minimum absolute atomic E-state index is 0.139. The molecule has 0 unspecified atom stereocenters. The van der Waals surface area contributed by atoms with Gasteiger partial charge in [0.05, 0.1) is 6.54 Å². The minimum Gasteiger partial charge on any atom is -0.353 e. The van der Waals surface area contributed by atoms with Crippen molar-refractivity contribution in [1.29, 1.82) is 0 Å². The smallest absolute Gasteiger partial charge is 0.238 e. The van der Waals surface area contributed by atoms with Gasteiger partial charge in [-0.1, -0.05) is 25.3 Å². The number of carbonyl (C=O) groups excluding carboxylic acids is 2. The summed E-state index contributed by atoms with van der Waals surface area (Å²) in [4.78, 5) is 26.5. The predicted molar refractivity (Wildman–Crippen MR) is 99.2 cm³/mol. The SMILES string of the molecule is O=C(CN1CCC(NC(=O)C2CCCCC2)CC1)Nc1cccc(F)c1. The number of hydrogen-bond acceptors (Lipinski definition) is 3. The topological polar surface area (TPSA) is 61.4 Å². The number of hydrogen-bond donors (Lipinski definition) is 2. The molecule has 6 heteroatoms. The second-order valence-electron chi connectivity index (χ2n) is 7.45. The van der Waals surface area contributed by atoms with Gasteiger partial charge >= 0.3 is 0 Å². The standard InChI is InChI=1S/C20H28FN3O2/c21-16-7-4-8-18(13-16)22-19(25)14-24-11-9-17(10-12-24)23-20(26)15-5-2-1-3-6-15/h4,7-8,13,15,17H,1-3,5-6,9-12,14H2,(H,22,25)(H,23,26). The molecule has 2 N–H and O–H groups in total. The zero-order chi connectivity index (χ0) is 18.4. The van der Waals surface area contributed by atoms with Crippen molar-refractivity contribution in [2.75, 3.05) is 25.0 Å². The van der Waals surface area contributed by atoms with Crippen LogP contribution in [0.2, 0.25) is 0 Å². The largest absolute Gasteiger partial charge is 0.353 e. The number of rotatable bonds is 5. The fraction of sp³-hybridized carbons (Fsp3) is 0.600. The van der Waals surface area contributed by atoms with E-state index in [0.717, 1.165) is 51.6 Å². The molecule has 1 saturated heterocycles. The molecule has 2 aliphatic rings. The average molecular weight is 361 g/mol. The highest BCUT2D eigenvalue weighted by atomic mass is 19.1. The molecule has 3 rings (SSSR count). The number of amides is 2. The van der Waals surface area contributed by atoms with Crippen molar-refractivity contribution in [1.82, 2.24) is 10.2 Å². The van der Waals surface area contributed by atoms with Crippen molar-refractivity contribution in [3.8, 4) is 0 Å². The summed E-state index contributed by atoms with van der Waals surface area (Å²) in [6.07, 6.45) is 7.35. The Bertz CT molecular complexity index is 623. The second kappa shape index (κ2) is 9.12. The van der Waals surface area contributed by atoms with Crippen LogP contribution in [0.1, 0.15) is 44.9 Å². The Morgan fingerprint density at radius 1 is 1.08 bits per heavy atom. The van der Waals surface area contributed by atoms with Crippen LogP contribution in [0.4, 0.5) is 10.1 Å². The van der Waals surface area contributed by atoms with Crippen LogP contribution in [0.3, 0.4) is 0 Å². The lowest BCUT2D eigenvalue weighted by molar-refractivity contribution is -0.127. The van der Waals surface area contributed by atoms with Crippen molar-refractivity contribution in [2.24, 2.45) is 5.92 Å². The van der Waals surface area contributed by atoms with Crippen molar-refractivity contribution in [3.63, 3.8) is 0 Å². The number of nitrogens with zero attached hydrogens (tertiary/aromatic N) is 1. The van der Waals surface area contributed by atoms with Gasteiger partial charge in [-0.2, -0.15) is 0 Å². The average Bonchev–Trinajstić information content (AvgIpc) is 2.64. The van der Waals surface area contributed by atoms with Crippen LogP contribution >= 0.6 is 0 Å². The Morgan fingerprint density at radius 3 is 2.50 bits per heavy atom. The molecule has 1 saturated carbocycles. The van der Waals surface area contributed by atoms with Crippen molar-refractivity contribution in [3.05, 3.63) is 30.1 Å². The van der Waals surface area contributed by atoms with E-state index in [4.69, 9.17) is 0 Å². The van der Waals surface area contributed by atoms with Gasteiger partial charge in [0.15, 0.2) is 0 Å². The van der Waals surface area contributed by atoms with E-state index >= 15 is 0 Å². The first kappa shape index (κ1) is 18.8. The summed E-state index contributed by atoms with van der Waals surface area (Å²) < 4.78 is 13.2. The fourth-order valence-electron chi connectivity index (χ4n) is 3.89. The first-order valence-electron chi connectivity index (χ1n) is 9.68. The van der Waals surface area contributed by atoms with E-state index < -0.39 is 0 Å². The Balaban J connectivity index is 1.38. The normalized spacial score (nSPS) is 19.9. The molecule has 0 aromatic heterocycles. The van der Waals surface area contributed by atoms with Gasteiger partial charge in [-0.05, 0) is 43.9 Å². The monoisotopic (exact) mass is 361 g/mol. The molecule has 1 heterocycles. The number of benzene rings is 1. The highest BCUT2D eigenvalue weighted by Gasteiger charge is 2.26. The summed E-state index contributed by atoms with van der Waals surface area (Å²) >= 11 is 0. The van der Waals surface area contributed by atoms with Crippen LogP contribution < -0.4 is 10.6 Å². The Hall–Kier alpha value is -1.95. The lowest BCUT2D eigenvalue weighted by Gasteiger charge is -2.33. The molecule has 5 nitrogen and oxygen atoms in total. The van der Waals surface area contributed by atoms with E-state index in [1.165, 1.54) is 18.6 Å². The van der Waals surface area contributed by atoms with Crippen LogP contribution in [0.25, 0.3) is 0 Å². The number of piperidine rings is 1. The summed E-state index contributed by atoms with van der Waals surface area (Å²) in [6, 6.07) is 6.12. The van der Waals surface area contributed by atoms with E-state index in [-0.39, 0.29) is 29.6 Å². The highest BCUT2D eigenvalue weighted by molar-refractivity contribution is 5.92. The maximum Gasteiger partial charge on any atom is 0.238 e. The third-order valence-electron chi connectivity index (χ3n) is 5.39. The molecule has 1 aliphatic heterocycles. The summed E-state index contributed by atoms with van der Waals surface area (Å²) in [6.45, 7) is 1.86. The molecule has 1 aromatic carbocycles. The van der Waals surface area contributed by atoms with Crippen molar-refractivity contribution in [2.45, 2.75) is 51.0 Å². The molecular formula is C20H28FN3O2. The molecule has 2 fully saturated rings. The van der Waals surface area contributed by atoms with Gasteiger partial charge in [0.2, 0.25) is 11.8 Å². The summed E-state index contributed by atoms with van der Waals surface area (Å²) in [5.74, 6) is -0.0940. The molecule has 142 valence electrons. The summed E-state index contributed by atoms with van der Waals surface area (Å²) in [7, 11) is 0. The van der Waals surface area contributed by atoms with E-state index in [2.05, 4.69) is 15.5 Å². The van der Waals surface area contributed by atoms with Crippen LogP contribution in [0.5, 0.6) is 0 Å². The molecule has 0 atom stereocenters. The maximum atomic E-state index is 13.2. The summed E-state index contributed by atoms with van der Waals surface area (Å²) in [5.41, 5.74) is 0.477. The third-order valence-corrected chi connectivity index (χ3v) is 5.39. The molecule has 26 heavy (non-hydrogen) atoms. The van der Waals surface area contributed by atoms with Crippen molar-refractivity contribution >= 4 is 17.5 Å². The van der Waals surface area contributed by atoms with E-state index in [1.807, 2.05) is 0 Å². The Labute approximate surface area is 154 Å². The van der Waals surface area contributed by atoms with E-state index in [9.17, 15) is 14.0 Å². The zero-order valence-corrected chi connectivity index (χ0v) is 15.2. The van der Waals surface area contributed by atoms with Crippen LogP contribution in [0, 0.1) is 11.7 Å². The number of carbonyl (C=O) groups is 2. The molecule has 1 aliphatic carbocycles. The van der Waals surface area contributed by atoms with Gasteiger partial charge in [-0.15, -0.1) is 0 Å². The highest BCUT2D eigenvalue weighted by Crippen LogP contribution is 2.24. The summed E-state index contributed by atoms with van der Waals surface area (Å²) in [5, 5.41) is 5.93. The fourth-order valence-corrected chi connectivity index (χ4v) is 3.89.